The number of fused-ring (bicyclic) bond motifs is 1. The third kappa shape index (κ3) is 2.25. The zero-order valence-electron chi connectivity index (χ0n) is 11.4. The van der Waals surface area contributed by atoms with E-state index in [4.69, 9.17) is 4.98 Å². The summed E-state index contributed by atoms with van der Waals surface area (Å²) in [5.74, 6) is 1.13. The molecule has 1 aliphatic rings. The van der Waals surface area contributed by atoms with Gasteiger partial charge in [0.2, 0.25) is 0 Å². The average molecular weight is 323 g/mol. The van der Waals surface area contributed by atoms with Crippen molar-refractivity contribution in [2.45, 2.75) is 18.3 Å². The first-order chi connectivity index (χ1) is 9.20. The molecule has 0 N–H and O–H groups in total. The number of imidazole rings is 1. The van der Waals surface area contributed by atoms with E-state index in [9.17, 15) is 0 Å². The number of piperazine rings is 1. The van der Waals surface area contributed by atoms with Crippen LogP contribution in [0.15, 0.2) is 24.4 Å². The molecule has 3 heterocycles. The molecule has 0 saturated carbocycles. The minimum Gasteiger partial charge on any atom is -0.352 e. The van der Waals surface area contributed by atoms with Crippen molar-refractivity contribution in [3.63, 3.8) is 0 Å². The summed E-state index contributed by atoms with van der Waals surface area (Å²) in [6.07, 6.45) is 2.09. The number of pyridine rings is 1. The number of hydrogen-bond donors (Lipinski definition) is 0. The topological polar surface area (TPSA) is 23.8 Å². The second kappa shape index (κ2) is 5.13. The fourth-order valence-electron chi connectivity index (χ4n) is 2.65. The maximum absolute atomic E-state index is 4.81. The van der Waals surface area contributed by atoms with Crippen molar-refractivity contribution in [1.82, 2.24) is 14.3 Å². The van der Waals surface area contributed by atoms with E-state index in [0.29, 0.717) is 6.04 Å². The standard InChI is InChI=1S/C14H19BrN4/c1-11-10-18(8-7-17(11)2)14-12(9-15)19-6-4-3-5-13(19)16-14/h3-6,11H,7-10H2,1-2H3. The summed E-state index contributed by atoms with van der Waals surface area (Å²) in [6, 6.07) is 6.73. The predicted octanol–water partition coefficient (Wildman–Crippen LogP) is 2.37. The van der Waals surface area contributed by atoms with Gasteiger partial charge in [-0.1, -0.05) is 22.0 Å². The lowest BCUT2D eigenvalue weighted by molar-refractivity contribution is 0.233. The van der Waals surface area contributed by atoms with Crippen LogP contribution in [0, 0.1) is 0 Å². The van der Waals surface area contributed by atoms with Gasteiger partial charge >= 0.3 is 0 Å². The van der Waals surface area contributed by atoms with Gasteiger partial charge in [-0.2, -0.15) is 0 Å². The van der Waals surface area contributed by atoms with Gasteiger partial charge in [0, 0.05) is 37.2 Å². The Kier molecular flexibility index (Phi) is 3.50. The van der Waals surface area contributed by atoms with Crippen LogP contribution in [-0.4, -0.2) is 47.0 Å². The summed E-state index contributed by atoms with van der Waals surface area (Å²) < 4.78 is 2.17. The summed E-state index contributed by atoms with van der Waals surface area (Å²) in [5.41, 5.74) is 2.27. The summed E-state index contributed by atoms with van der Waals surface area (Å²) >= 11 is 3.60. The van der Waals surface area contributed by atoms with E-state index in [1.807, 2.05) is 6.07 Å². The number of nitrogens with zero attached hydrogens (tertiary/aromatic N) is 4. The van der Waals surface area contributed by atoms with Gasteiger partial charge in [-0.3, -0.25) is 0 Å². The lowest BCUT2D eigenvalue weighted by Gasteiger charge is -2.38. The Bertz CT molecular complexity index is 580. The SMILES string of the molecule is CC1CN(c2nc3ccccn3c2CBr)CCN1C. The molecule has 1 unspecified atom stereocenters. The number of rotatable bonds is 2. The highest BCUT2D eigenvalue weighted by Gasteiger charge is 2.24. The molecule has 1 atom stereocenters. The van der Waals surface area contributed by atoms with E-state index in [1.54, 1.807) is 0 Å². The Hall–Kier alpha value is -1.07. The fourth-order valence-corrected chi connectivity index (χ4v) is 3.17. The highest BCUT2D eigenvalue weighted by atomic mass is 79.9. The van der Waals surface area contributed by atoms with Gasteiger partial charge in [0.05, 0.1) is 5.69 Å². The normalized spacial score (nSPS) is 21.2. The van der Waals surface area contributed by atoms with Crippen molar-refractivity contribution in [2.24, 2.45) is 0 Å². The Morgan fingerprint density at radius 2 is 2.21 bits per heavy atom. The van der Waals surface area contributed by atoms with Crippen molar-refractivity contribution >= 4 is 27.4 Å². The fraction of sp³-hybridized carbons (Fsp3) is 0.500. The molecule has 3 rings (SSSR count). The van der Waals surface area contributed by atoms with Gasteiger partial charge < -0.3 is 14.2 Å². The Labute approximate surface area is 122 Å². The lowest BCUT2D eigenvalue weighted by atomic mass is 10.2. The van der Waals surface area contributed by atoms with Crippen molar-refractivity contribution in [3.8, 4) is 0 Å². The number of alkyl halides is 1. The van der Waals surface area contributed by atoms with Crippen LogP contribution in [0.3, 0.4) is 0 Å². The van der Waals surface area contributed by atoms with Crippen LogP contribution in [0.4, 0.5) is 5.82 Å². The number of likely N-dealkylation sites (N-methyl/N-ethyl adjacent to an activating group) is 1. The van der Waals surface area contributed by atoms with Gasteiger partial charge in [0.1, 0.15) is 5.65 Å². The Morgan fingerprint density at radius 1 is 1.37 bits per heavy atom. The summed E-state index contributed by atoms with van der Waals surface area (Å²) in [5, 5.41) is 0.828. The van der Waals surface area contributed by atoms with E-state index < -0.39 is 0 Å². The van der Waals surface area contributed by atoms with Crippen molar-refractivity contribution in [2.75, 3.05) is 31.6 Å². The molecule has 2 aromatic heterocycles. The number of halogens is 1. The van der Waals surface area contributed by atoms with Crippen molar-refractivity contribution in [1.29, 1.82) is 0 Å². The van der Waals surface area contributed by atoms with Crippen LogP contribution < -0.4 is 4.90 Å². The maximum Gasteiger partial charge on any atom is 0.152 e. The first kappa shape index (κ1) is 12.9. The van der Waals surface area contributed by atoms with Gasteiger partial charge in [0.15, 0.2) is 5.82 Å². The summed E-state index contributed by atoms with van der Waals surface area (Å²) in [4.78, 5) is 9.62. The molecule has 0 aromatic carbocycles. The summed E-state index contributed by atoms with van der Waals surface area (Å²) in [6.45, 7) is 5.46. The minimum atomic E-state index is 0.571. The Morgan fingerprint density at radius 3 is 2.95 bits per heavy atom. The molecule has 4 nitrogen and oxygen atoms in total. The third-order valence-corrected chi connectivity index (χ3v) is 4.52. The van der Waals surface area contributed by atoms with Crippen molar-refractivity contribution in [3.05, 3.63) is 30.1 Å². The third-order valence-electron chi connectivity index (χ3n) is 3.99. The molecule has 5 heteroatoms. The molecule has 0 amide bonds. The second-order valence-corrected chi connectivity index (χ2v) is 5.78. The molecular weight excluding hydrogens is 304 g/mol. The zero-order valence-corrected chi connectivity index (χ0v) is 13.0. The van der Waals surface area contributed by atoms with Gasteiger partial charge in [-0.15, -0.1) is 0 Å². The largest absolute Gasteiger partial charge is 0.352 e. The quantitative estimate of drug-likeness (QED) is 0.793. The molecule has 1 fully saturated rings. The van der Waals surface area contributed by atoms with Crippen LogP contribution in [0.25, 0.3) is 5.65 Å². The molecule has 0 radical (unpaired) electrons. The minimum absolute atomic E-state index is 0.571. The molecule has 1 saturated heterocycles. The second-order valence-electron chi connectivity index (χ2n) is 5.22. The molecule has 0 bridgehead atoms. The molecule has 19 heavy (non-hydrogen) atoms. The summed E-state index contributed by atoms with van der Waals surface area (Å²) in [7, 11) is 2.19. The number of aromatic nitrogens is 2. The molecule has 0 aliphatic carbocycles. The van der Waals surface area contributed by atoms with E-state index in [1.165, 1.54) is 5.69 Å². The average Bonchev–Trinajstić information content (AvgIpc) is 2.80. The van der Waals surface area contributed by atoms with Crippen LogP contribution in [-0.2, 0) is 5.33 Å². The maximum atomic E-state index is 4.81. The smallest absolute Gasteiger partial charge is 0.152 e. The monoisotopic (exact) mass is 322 g/mol. The van der Waals surface area contributed by atoms with E-state index in [2.05, 4.69) is 62.4 Å². The Balaban J connectivity index is 2.00. The first-order valence-corrected chi connectivity index (χ1v) is 7.80. The van der Waals surface area contributed by atoms with Crippen LogP contribution in [0.2, 0.25) is 0 Å². The predicted molar refractivity (Wildman–Crippen MR) is 82.1 cm³/mol. The van der Waals surface area contributed by atoms with Gasteiger partial charge in [0.25, 0.3) is 0 Å². The molecular formula is C14H19BrN4. The van der Waals surface area contributed by atoms with E-state index in [0.717, 1.165) is 36.4 Å². The highest BCUT2D eigenvalue weighted by Crippen LogP contribution is 2.25. The van der Waals surface area contributed by atoms with Crippen LogP contribution in [0.5, 0.6) is 0 Å². The van der Waals surface area contributed by atoms with Crippen molar-refractivity contribution < 1.29 is 0 Å². The molecule has 0 spiro atoms. The molecule has 1 aliphatic heterocycles. The molecule has 102 valence electrons. The number of hydrogen-bond acceptors (Lipinski definition) is 3. The van der Waals surface area contributed by atoms with E-state index >= 15 is 0 Å². The zero-order chi connectivity index (χ0) is 13.4. The van der Waals surface area contributed by atoms with Gasteiger partial charge in [-0.05, 0) is 26.1 Å². The lowest BCUT2D eigenvalue weighted by Crippen LogP contribution is -2.50. The molecule has 2 aromatic rings. The van der Waals surface area contributed by atoms with Crippen LogP contribution >= 0.6 is 15.9 Å². The first-order valence-electron chi connectivity index (χ1n) is 6.68. The van der Waals surface area contributed by atoms with Crippen LogP contribution in [0.1, 0.15) is 12.6 Å². The van der Waals surface area contributed by atoms with Gasteiger partial charge in [-0.25, -0.2) is 4.98 Å². The van der Waals surface area contributed by atoms with E-state index in [-0.39, 0.29) is 0 Å². The highest BCUT2D eigenvalue weighted by molar-refractivity contribution is 9.08. The number of anilines is 1.